The third kappa shape index (κ3) is 2.82. The number of rotatable bonds is 3. The molecule has 1 fully saturated rings. The van der Waals surface area contributed by atoms with Gasteiger partial charge in [-0.05, 0) is 30.9 Å². The lowest BCUT2D eigenvalue weighted by Gasteiger charge is -2.07. The predicted molar refractivity (Wildman–Crippen MR) is 64.5 cm³/mol. The Morgan fingerprint density at radius 3 is 2.62 bits per heavy atom. The lowest BCUT2D eigenvalue weighted by molar-refractivity contribution is 0.0486. The number of benzene rings is 1. The number of carbonyl (C=O) groups excluding carboxylic acids is 1. The van der Waals surface area contributed by atoms with Crippen LogP contribution in [-0.2, 0) is 4.74 Å². The van der Waals surface area contributed by atoms with Crippen LogP contribution in [0.3, 0.4) is 0 Å². The Balaban J connectivity index is 2.14. The van der Waals surface area contributed by atoms with Crippen molar-refractivity contribution < 1.29 is 9.53 Å². The summed E-state index contributed by atoms with van der Waals surface area (Å²) in [5, 5.41) is 0.812. The smallest absolute Gasteiger partial charge is 0.339 e. The summed E-state index contributed by atoms with van der Waals surface area (Å²) in [5.41, 5.74) is 0.222. The largest absolute Gasteiger partial charge is 0.462 e. The van der Waals surface area contributed by atoms with Crippen LogP contribution in [0.25, 0.3) is 0 Å². The van der Waals surface area contributed by atoms with Crippen molar-refractivity contribution in [2.45, 2.75) is 12.8 Å². The van der Waals surface area contributed by atoms with Crippen LogP contribution in [-0.4, -0.2) is 12.6 Å². The summed E-state index contributed by atoms with van der Waals surface area (Å²) in [5.74, 6) is 0.0404. The SMILES string of the molecule is O=C(OCC1CC1)c1cc(Cl)cc(Cl)c1Cl. The molecule has 1 aromatic carbocycles. The first-order valence-electron chi connectivity index (χ1n) is 4.89. The van der Waals surface area contributed by atoms with Gasteiger partial charge in [0.2, 0.25) is 0 Å². The highest BCUT2D eigenvalue weighted by atomic mass is 35.5. The second-order valence-corrected chi connectivity index (χ2v) is 5.01. The standard InChI is InChI=1S/C11H9Cl3O2/c12-7-3-8(10(14)9(13)4-7)11(15)16-5-6-1-2-6/h3-4,6H,1-2,5H2. The molecule has 2 nitrogen and oxygen atoms in total. The van der Waals surface area contributed by atoms with E-state index >= 15 is 0 Å². The van der Waals surface area contributed by atoms with Gasteiger partial charge in [0.1, 0.15) is 0 Å². The quantitative estimate of drug-likeness (QED) is 0.612. The van der Waals surface area contributed by atoms with Gasteiger partial charge in [-0.1, -0.05) is 34.8 Å². The molecule has 86 valence electrons. The molecule has 0 spiro atoms. The lowest BCUT2D eigenvalue weighted by Crippen LogP contribution is -2.08. The lowest BCUT2D eigenvalue weighted by atomic mass is 10.2. The molecule has 1 aliphatic rings. The van der Waals surface area contributed by atoms with E-state index < -0.39 is 5.97 Å². The van der Waals surface area contributed by atoms with Crippen molar-refractivity contribution in [3.05, 3.63) is 32.8 Å². The minimum Gasteiger partial charge on any atom is -0.462 e. The van der Waals surface area contributed by atoms with Crippen LogP contribution in [0, 0.1) is 5.92 Å². The first-order chi connectivity index (χ1) is 7.58. The molecule has 0 unspecified atom stereocenters. The molecular formula is C11H9Cl3O2. The van der Waals surface area contributed by atoms with E-state index in [-0.39, 0.29) is 15.6 Å². The van der Waals surface area contributed by atoms with Crippen molar-refractivity contribution in [1.82, 2.24) is 0 Å². The molecule has 0 N–H and O–H groups in total. The van der Waals surface area contributed by atoms with Crippen LogP contribution < -0.4 is 0 Å². The van der Waals surface area contributed by atoms with Gasteiger partial charge in [-0.15, -0.1) is 0 Å². The van der Waals surface area contributed by atoms with E-state index in [2.05, 4.69) is 0 Å². The molecule has 0 bridgehead atoms. The minimum absolute atomic E-state index is 0.187. The van der Waals surface area contributed by atoms with Crippen LogP contribution in [0.1, 0.15) is 23.2 Å². The summed E-state index contributed by atoms with van der Waals surface area (Å²) in [7, 11) is 0. The molecule has 0 aromatic heterocycles. The Bertz CT molecular complexity index is 427. The van der Waals surface area contributed by atoms with Crippen LogP contribution in [0.2, 0.25) is 15.1 Å². The first-order valence-corrected chi connectivity index (χ1v) is 6.03. The van der Waals surface area contributed by atoms with Gasteiger partial charge in [0.05, 0.1) is 22.2 Å². The maximum Gasteiger partial charge on any atom is 0.339 e. The second-order valence-electron chi connectivity index (χ2n) is 3.79. The Morgan fingerprint density at radius 2 is 2.00 bits per heavy atom. The Morgan fingerprint density at radius 1 is 1.31 bits per heavy atom. The zero-order valence-corrected chi connectivity index (χ0v) is 10.6. The topological polar surface area (TPSA) is 26.3 Å². The second kappa shape index (κ2) is 4.82. The van der Waals surface area contributed by atoms with Crippen molar-refractivity contribution in [2.75, 3.05) is 6.61 Å². The fourth-order valence-electron chi connectivity index (χ4n) is 1.26. The zero-order valence-electron chi connectivity index (χ0n) is 8.30. The number of ether oxygens (including phenoxy) is 1. The summed E-state index contributed by atoms with van der Waals surface area (Å²) in [4.78, 5) is 11.7. The Kier molecular flexibility index (Phi) is 3.63. The minimum atomic E-state index is -0.471. The fourth-order valence-corrected chi connectivity index (χ4v) is 1.94. The van der Waals surface area contributed by atoms with Gasteiger partial charge < -0.3 is 4.74 Å². The maximum absolute atomic E-state index is 11.7. The van der Waals surface area contributed by atoms with Crippen molar-refractivity contribution in [3.8, 4) is 0 Å². The normalized spacial score (nSPS) is 14.9. The molecule has 1 aromatic rings. The first kappa shape index (κ1) is 12.0. The highest BCUT2D eigenvalue weighted by Gasteiger charge is 2.24. The molecule has 0 atom stereocenters. The van der Waals surface area contributed by atoms with Gasteiger partial charge in [-0.25, -0.2) is 4.79 Å². The highest BCUT2D eigenvalue weighted by Crippen LogP contribution is 2.32. The predicted octanol–water partition coefficient (Wildman–Crippen LogP) is 4.21. The molecule has 1 saturated carbocycles. The molecule has 5 heteroatoms. The van der Waals surface area contributed by atoms with Crippen LogP contribution in [0.5, 0.6) is 0 Å². The molecular weight excluding hydrogens is 270 g/mol. The molecule has 0 radical (unpaired) electrons. The summed E-state index contributed by atoms with van der Waals surface area (Å²) < 4.78 is 5.10. The number of hydrogen-bond acceptors (Lipinski definition) is 2. The summed E-state index contributed by atoms with van der Waals surface area (Å²) in [6.07, 6.45) is 2.24. The van der Waals surface area contributed by atoms with Gasteiger partial charge in [0, 0.05) is 5.02 Å². The van der Waals surface area contributed by atoms with E-state index in [9.17, 15) is 4.79 Å². The highest BCUT2D eigenvalue weighted by molar-refractivity contribution is 6.45. The third-order valence-corrected chi connectivity index (χ3v) is 3.38. The molecule has 16 heavy (non-hydrogen) atoms. The van der Waals surface area contributed by atoms with Crippen molar-refractivity contribution >= 4 is 40.8 Å². The van der Waals surface area contributed by atoms with Crippen LogP contribution >= 0.6 is 34.8 Å². The van der Waals surface area contributed by atoms with Crippen molar-refractivity contribution in [1.29, 1.82) is 0 Å². The molecule has 2 rings (SSSR count). The number of halogens is 3. The third-order valence-electron chi connectivity index (χ3n) is 2.36. The van der Waals surface area contributed by atoms with Crippen LogP contribution in [0.15, 0.2) is 12.1 Å². The molecule has 0 saturated heterocycles. The number of carbonyl (C=O) groups is 1. The van der Waals surface area contributed by atoms with Crippen molar-refractivity contribution in [2.24, 2.45) is 5.92 Å². The number of hydrogen-bond donors (Lipinski definition) is 0. The average molecular weight is 280 g/mol. The van der Waals surface area contributed by atoms with E-state index in [0.717, 1.165) is 12.8 Å². The molecule has 0 aliphatic heterocycles. The maximum atomic E-state index is 11.7. The fraction of sp³-hybridized carbons (Fsp3) is 0.364. The van der Waals surface area contributed by atoms with Gasteiger partial charge in [0.25, 0.3) is 0 Å². The molecule has 0 amide bonds. The zero-order chi connectivity index (χ0) is 11.7. The molecule has 1 aliphatic carbocycles. The molecule has 0 heterocycles. The van der Waals surface area contributed by atoms with Gasteiger partial charge in [-0.3, -0.25) is 0 Å². The van der Waals surface area contributed by atoms with Gasteiger partial charge in [0.15, 0.2) is 0 Å². The van der Waals surface area contributed by atoms with E-state index in [1.807, 2.05) is 0 Å². The summed E-state index contributed by atoms with van der Waals surface area (Å²) in [6.45, 7) is 0.444. The summed E-state index contributed by atoms with van der Waals surface area (Å²) >= 11 is 17.5. The van der Waals surface area contributed by atoms with E-state index in [1.54, 1.807) is 0 Å². The summed E-state index contributed by atoms with van der Waals surface area (Å²) in [6, 6.07) is 2.95. The van der Waals surface area contributed by atoms with Gasteiger partial charge in [-0.2, -0.15) is 0 Å². The number of esters is 1. The average Bonchev–Trinajstić information content (AvgIpc) is 3.03. The van der Waals surface area contributed by atoms with Crippen molar-refractivity contribution in [3.63, 3.8) is 0 Å². The van der Waals surface area contributed by atoms with E-state index in [1.165, 1.54) is 12.1 Å². The Hall–Kier alpha value is -0.440. The van der Waals surface area contributed by atoms with E-state index in [4.69, 9.17) is 39.5 Å². The Labute approximate surface area is 108 Å². The van der Waals surface area contributed by atoms with E-state index in [0.29, 0.717) is 17.5 Å². The monoisotopic (exact) mass is 278 g/mol. The van der Waals surface area contributed by atoms with Crippen LogP contribution in [0.4, 0.5) is 0 Å². The van der Waals surface area contributed by atoms with Gasteiger partial charge >= 0.3 is 5.97 Å².